The Hall–Kier alpha value is -2.71. The minimum Gasteiger partial charge on any atom is -0.338 e. The second kappa shape index (κ2) is 9.83. The van der Waals surface area contributed by atoms with Gasteiger partial charge in [0.2, 0.25) is 15.9 Å². The van der Waals surface area contributed by atoms with Crippen LogP contribution in [0.3, 0.4) is 0 Å². The van der Waals surface area contributed by atoms with Gasteiger partial charge in [0.15, 0.2) is 0 Å². The summed E-state index contributed by atoms with van der Waals surface area (Å²) < 4.78 is 27.4. The third kappa shape index (κ3) is 5.19. The fraction of sp³-hybridized carbons (Fsp3) is 0.417. The van der Waals surface area contributed by atoms with Crippen LogP contribution in [0.2, 0.25) is 0 Å². The summed E-state index contributed by atoms with van der Waals surface area (Å²) >= 11 is 0. The number of amides is 2. The van der Waals surface area contributed by atoms with Crippen LogP contribution >= 0.6 is 0 Å². The molecular weight excluding hydrogens is 426 g/mol. The van der Waals surface area contributed by atoms with Crippen molar-refractivity contribution < 1.29 is 18.0 Å². The lowest BCUT2D eigenvalue weighted by atomic mass is 10.1. The highest BCUT2D eigenvalue weighted by Gasteiger charge is 2.25. The molecule has 4 rings (SSSR count). The maximum atomic E-state index is 12.9. The standard InChI is InChI=1S/C24H29N3O4S/c28-23-9-6-14-26(23)18-19-7-5-8-20(17-19)24(29)25-21-10-12-22(13-11-21)32(30,31)27-15-3-1-2-4-16-27/h5,7-8,10-13,17H,1-4,6,9,14-16,18H2,(H,25,29). The molecule has 0 spiro atoms. The molecule has 0 bridgehead atoms. The molecule has 170 valence electrons. The topological polar surface area (TPSA) is 86.8 Å². The molecule has 7 nitrogen and oxygen atoms in total. The van der Waals surface area contributed by atoms with E-state index in [-0.39, 0.29) is 16.7 Å². The van der Waals surface area contributed by atoms with Crippen molar-refractivity contribution in [1.82, 2.24) is 9.21 Å². The zero-order valence-corrected chi connectivity index (χ0v) is 18.9. The normalized spacial score (nSPS) is 17.9. The summed E-state index contributed by atoms with van der Waals surface area (Å²) in [5.41, 5.74) is 1.94. The molecule has 2 fully saturated rings. The first-order chi connectivity index (χ1) is 15.4. The lowest BCUT2D eigenvalue weighted by Crippen LogP contribution is -2.31. The van der Waals surface area contributed by atoms with E-state index in [9.17, 15) is 18.0 Å². The van der Waals surface area contributed by atoms with Gasteiger partial charge in [0.05, 0.1) is 4.90 Å². The van der Waals surface area contributed by atoms with Gasteiger partial charge >= 0.3 is 0 Å². The van der Waals surface area contributed by atoms with Gasteiger partial charge in [-0.05, 0) is 61.2 Å². The van der Waals surface area contributed by atoms with E-state index in [1.54, 1.807) is 45.6 Å². The number of benzene rings is 2. The highest BCUT2D eigenvalue weighted by Crippen LogP contribution is 2.22. The number of likely N-dealkylation sites (tertiary alicyclic amines) is 1. The van der Waals surface area contributed by atoms with E-state index in [1.807, 2.05) is 12.1 Å². The van der Waals surface area contributed by atoms with Gasteiger partial charge in [-0.1, -0.05) is 25.0 Å². The summed E-state index contributed by atoms with van der Waals surface area (Å²) in [5.74, 6) is -0.127. The molecule has 0 unspecified atom stereocenters. The number of nitrogens with one attached hydrogen (secondary N) is 1. The summed E-state index contributed by atoms with van der Waals surface area (Å²) in [4.78, 5) is 26.6. The molecule has 0 aromatic heterocycles. The van der Waals surface area contributed by atoms with Crippen molar-refractivity contribution in [2.75, 3.05) is 25.0 Å². The van der Waals surface area contributed by atoms with Crippen molar-refractivity contribution in [2.24, 2.45) is 0 Å². The van der Waals surface area contributed by atoms with Crippen molar-refractivity contribution in [1.29, 1.82) is 0 Å². The minimum atomic E-state index is -3.52. The van der Waals surface area contributed by atoms with Crippen LogP contribution in [-0.2, 0) is 21.4 Å². The molecule has 2 aliphatic rings. The second-order valence-corrected chi connectivity index (χ2v) is 10.4. The lowest BCUT2D eigenvalue weighted by molar-refractivity contribution is -0.128. The van der Waals surface area contributed by atoms with Crippen molar-refractivity contribution in [3.63, 3.8) is 0 Å². The second-order valence-electron chi connectivity index (χ2n) is 8.42. The van der Waals surface area contributed by atoms with Gasteiger partial charge in [-0.2, -0.15) is 4.31 Å². The molecule has 2 aliphatic heterocycles. The molecule has 0 saturated carbocycles. The first-order valence-corrected chi connectivity index (χ1v) is 12.7. The number of hydrogen-bond donors (Lipinski definition) is 1. The highest BCUT2D eigenvalue weighted by atomic mass is 32.2. The van der Waals surface area contributed by atoms with Crippen LogP contribution in [-0.4, -0.2) is 49.1 Å². The zero-order chi connectivity index (χ0) is 22.6. The average Bonchev–Trinajstić information content (AvgIpc) is 3.02. The van der Waals surface area contributed by atoms with E-state index in [0.29, 0.717) is 37.3 Å². The van der Waals surface area contributed by atoms with Crippen LogP contribution in [0.25, 0.3) is 0 Å². The van der Waals surface area contributed by atoms with E-state index in [2.05, 4.69) is 5.32 Å². The predicted octanol–water partition coefficient (Wildman–Crippen LogP) is 3.63. The van der Waals surface area contributed by atoms with Crippen LogP contribution in [0.5, 0.6) is 0 Å². The predicted molar refractivity (Wildman–Crippen MR) is 123 cm³/mol. The fourth-order valence-electron chi connectivity index (χ4n) is 4.25. The smallest absolute Gasteiger partial charge is 0.255 e. The number of sulfonamides is 1. The van der Waals surface area contributed by atoms with Crippen molar-refractivity contribution in [3.8, 4) is 0 Å². The molecule has 0 atom stereocenters. The number of carbonyl (C=O) groups is 2. The summed E-state index contributed by atoms with van der Waals surface area (Å²) in [7, 11) is -3.52. The SMILES string of the molecule is O=C(Nc1ccc(S(=O)(=O)N2CCCCCC2)cc1)c1cccc(CN2CCCC2=O)c1. The van der Waals surface area contributed by atoms with E-state index in [1.165, 1.54) is 0 Å². The molecule has 2 saturated heterocycles. The lowest BCUT2D eigenvalue weighted by Gasteiger charge is -2.20. The molecule has 2 aromatic carbocycles. The largest absolute Gasteiger partial charge is 0.338 e. The van der Waals surface area contributed by atoms with E-state index in [0.717, 1.165) is 44.2 Å². The van der Waals surface area contributed by atoms with Gasteiger partial charge in [0.1, 0.15) is 0 Å². The molecule has 2 amide bonds. The molecule has 0 aliphatic carbocycles. The molecule has 2 aromatic rings. The molecule has 2 heterocycles. The molecule has 1 N–H and O–H groups in total. The first kappa shape index (κ1) is 22.5. The van der Waals surface area contributed by atoms with Gasteiger partial charge in [0.25, 0.3) is 5.91 Å². The van der Waals surface area contributed by atoms with Gasteiger partial charge in [0, 0.05) is 43.9 Å². The maximum Gasteiger partial charge on any atom is 0.255 e. The van der Waals surface area contributed by atoms with Gasteiger partial charge in [-0.3, -0.25) is 9.59 Å². The number of carbonyl (C=O) groups excluding carboxylic acids is 2. The number of anilines is 1. The van der Waals surface area contributed by atoms with E-state index >= 15 is 0 Å². The van der Waals surface area contributed by atoms with Crippen molar-refractivity contribution in [2.45, 2.75) is 50.0 Å². The highest BCUT2D eigenvalue weighted by molar-refractivity contribution is 7.89. The number of nitrogens with zero attached hydrogens (tertiary/aromatic N) is 2. The van der Waals surface area contributed by atoms with Gasteiger partial charge < -0.3 is 10.2 Å². The summed E-state index contributed by atoms with van der Waals surface area (Å²) in [5, 5.41) is 2.83. The summed E-state index contributed by atoms with van der Waals surface area (Å²) in [6, 6.07) is 13.6. The van der Waals surface area contributed by atoms with Crippen LogP contribution in [0.15, 0.2) is 53.4 Å². The third-order valence-corrected chi connectivity index (χ3v) is 7.96. The Morgan fingerprint density at radius 2 is 1.62 bits per heavy atom. The molecular formula is C24H29N3O4S. The summed E-state index contributed by atoms with van der Waals surface area (Å²) in [6.07, 6.45) is 5.36. The number of rotatable bonds is 6. The summed E-state index contributed by atoms with van der Waals surface area (Å²) in [6.45, 7) is 2.37. The zero-order valence-electron chi connectivity index (χ0n) is 18.1. The van der Waals surface area contributed by atoms with Crippen LogP contribution in [0.1, 0.15) is 54.4 Å². The third-order valence-electron chi connectivity index (χ3n) is 6.05. The van der Waals surface area contributed by atoms with Crippen molar-refractivity contribution in [3.05, 3.63) is 59.7 Å². The Morgan fingerprint density at radius 3 is 2.28 bits per heavy atom. The van der Waals surface area contributed by atoms with Gasteiger partial charge in [-0.15, -0.1) is 0 Å². The Bertz CT molecular complexity index is 1070. The molecule has 32 heavy (non-hydrogen) atoms. The maximum absolute atomic E-state index is 12.9. The molecule has 0 radical (unpaired) electrons. The van der Waals surface area contributed by atoms with E-state index in [4.69, 9.17) is 0 Å². The monoisotopic (exact) mass is 455 g/mol. The number of hydrogen-bond acceptors (Lipinski definition) is 4. The van der Waals surface area contributed by atoms with Crippen LogP contribution in [0, 0.1) is 0 Å². The van der Waals surface area contributed by atoms with Crippen LogP contribution < -0.4 is 5.32 Å². The minimum absolute atomic E-state index is 0.148. The Balaban J connectivity index is 1.41. The average molecular weight is 456 g/mol. The Labute approximate surface area is 189 Å². The quantitative estimate of drug-likeness (QED) is 0.721. The van der Waals surface area contributed by atoms with Gasteiger partial charge in [-0.25, -0.2) is 8.42 Å². The molecule has 8 heteroatoms. The first-order valence-electron chi connectivity index (χ1n) is 11.2. The Morgan fingerprint density at radius 1 is 0.906 bits per heavy atom. The van der Waals surface area contributed by atoms with E-state index < -0.39 is 10.0 Å². The fourth-order valence-corrected chi connectivity index (χ4v) is 5.76. The van der Waals surface area contributed by atoms with Crippen LogP contribution in [0.4, 0.5) is 5.69 Å². The van der Waals surface area contributed by atoms with Crippen molar-refractivity contribution >= 4 is 27.5 Å². The Kier molecular flexibility index (Phi) is 6.91.